The maximum absolute atomic E-state index is 12.6. The molecule has 0 saturated heterocycles. The maximum Gasteiger partial charge on any atom is 0.193 e. The van der Waals surface area contributed by atoms with Crippen molar-refractivity contribution in [1.29, 1.82) is 0 Å². The van der Waals surface area contributed by atoms with Gasteiger partial charge in [0.05, 0.1) is 12.1 Å². The Morgan fingerprint density at radius 1 is 1.43 bits per heavy atom. The van der Waals surface area contributed by atoms with Crippen molar-refractivity contribution in [3.8, 4) is 0 Å². The van der Waals surface area contributed by atoms with E-state index in [4.69, 9.17) is 0 Å². The number of nitrogens with zero attached hydrogens (tertiary/aromatic N) is 2. The minimum atomic E-state index is 0.154. The van der Waals surface area contributed by atoms with E-state index in [0.29, 0.717) is 6.42 Å². The fourth-order valence-electron chi connectivity index (χ4n) is 2.89. The predicted octanol–water partition coefficient (Wildman–Crippen LogP) is 3.18. The van der Waals surface area contributed by atoms with Crippen LogP contribution in [0.4, 0.5) is 5.69 Å². The molecule has 0 unspecified atom stereocenters. The lowest BCUT2D eigenvalue weighted by Gasteiger charge is -2.20. The van der Waals surface area contributed by atoms with Crippen LogP contribution in [0.1, 0.15) is 28.0 Å². The van der Waals surface area contributed by atoms with Crippen LogP contribution in [-0.4, -0.2) is 21.7 Å². The summed E-state index contributed by atoms with van der Waals surface area (Å²) in [5.41, 5.74) is 3.96. The first-order chi connectivity index (χ1) is 10.3. The second-order valence-corrected chi connectivity index (χ2v) is 6.16. The lowest BCUT2D eigenvalue weighted by atomic mass is 9.94. The van der Waals surface area contributed by atoms with E-state index in [0.717, 1.165) is 46.9 Å². The summed E-state index contributed by atoms with van der Waals surface area (Å²) in [7, 11) is 0. The van der Waals surface area contributed by atoms with Crippen molar-refractivity contribution in [3.63, 3.8) is 0 Å². The molecule has 4 nitrogen and oxygen atoms in total. The number of benzene rings is 1. The van der Waals surface area contributed by atoms with Crippen molar-refractivity contribution in [2.24, 2.45) is 0 Å². The highest BCUT2D eigenvalue weighted by Gasteiger charge is 2.18. The van der Waals surface area contributed by atoms with Gasteiger partial charge in [0.2, 0.25) is 0 Å². The van der Waals surface area contributed by atoms with Crippen molar-refractivity contribution in [2.45, 2.75) is 19.3 Å². The van der Waals surface area contributed by atoms with Gasteiger partial charge in [0.1, 0.15) is 0 Å². The summed E-state index contributed by atoms with van der Waals surface area (Å²) in [5.74, 6) is 0.154. The molecule has 1 aliphatic rings. The number of aromatic nitrogens is 2. The molecule has 1 aliphatic heterocycles. The van der Waals surface area contributed by atoms with Crippen LogP contribution in [-0.2, 0) is 12.8 Å². The van der Waals surface area contributed by atoms with Crippen LogP contribution < -0.4 is 5.32 Å². The number of carbonyl (C=O) groups excluding carboxylic acids is 1. The molecule has 0 radical (unpaired) electrons. The molecule has 2 aromatic heterocycles. The first kappa shape index (κ1) is 12.6. The van der Waals surface area contributed by atoms with Crippen molar-refractivity contribution in [3.05, 3.63) is 52.8 Å². The Hall–Kier alpha value is -2.14. The number of nitrogens with one attached hydrogen (secondary N) is 1. The topological polar surface area (TPSA) is 46.4 Å². The number of Topliss-reactive ketones (excluding diaryl/α,β-unsaturated/α-hetero) is 1. The number of imidazole rings is 1. The van der Waals surface area contributed by atoms with Crippen LogP contribution in [0.5, 0.6) is 0 Å². The van der Waals surface area contributed by atoms with Crippen LogP contribution in [0.2, 0.25) is 0 Å². The van der Waals surface area contributed by atoms with Crippen LogP contribution >= 0.6 is 11.3 Å². The van der Waals surface area contributed by atoms with Crippen LogP contribution in [0.15, 0.2) is 36.0 Å². The number of carbonyl (C=O) groups is 1. The van der Waals surface area contributed by atoms with Crippen molar-refractivity contribution in [1.82, 2.24) is 9.38 Å². The first-order valence-corrected chi connectivity index (χ1v) is 7.99. The lowest BCUT2D eigenvalue weighted by molar-refractivity contribution is 0.0991. The summed E-state index contributed by atoms with van der Waals surface area (Å²) >= 11 is 1.58. The number of ketones is 1. The van der Waals surface area contributed by atoms with Gasteiger partial charge in [-0.25, -0.2) is 4.98 Å². The number of hydrogen-bond donors (Lipinski definition) is 1. The molecule has 1 aromatic carbocycles. The van der Waals surface area contributed by atoms with Gasteiger partial charge in [-0.1, -0.05) is 12.1 Å². The molecular formula is C16H15N3OS. The fraction of sp³-hybridized carbons (Fsp3) is 0.250. The van der Waals surface area contributed by atoms with Gasteiger partial charge >= 0.3 is 0 Å². The Bertz CT molecular complexity index is 789. The Morgan fingerprint density at radius 2 is 2.38 bits per heavy atom. The molecule has 0 saturated carbocycles. The summed E-state index contributed by atoms with van der Waals surface area (Å²) < 4.78 is 1.97. The van der Waals surface area contributed by atoms with E-state index in [1.165, 1.54) is 0 Å². The van der Waals surface area contributed by atoms with E-state index >= 15 is 0 Å². The Morgan fingerprint density at radius 3 is 3.29 bits per heavy atom. The summed E-state index contributed by atoms with van der Waals surface area (Å²) in [6, 6.07) is 5.95. The van der Waals surface area contributed by atoms with Crippen LogP contribution in [0, 0.1) is 0 Å². The first-order valence-electron chi connectivity index (χ1n) is 7.11. The molecule has 0 fully saturated rings. The fourth-order valence-corrected chi connectivity index (χ4v) is 3.61. The molecule has 0 spiro atoms. The number of rotatable bonds is 3. The summed E-state index contributed by atoms with van der Waals surface area (Å²) in [6.45, 7) is 0.988. The average molecular weight is 297 g/mol. The highest BCUT2D eigenvalue weighted by atomic mass is 32.1. The molecule has 106 valence electrons. The van der Waals surface area contributed by atoms with Crippen molar-refractivity contribution >= 4 is 27.8 Å². The zero-order valence-corrected chi connectivity index (χ0v) is 12.3. The number of fused-ring (bicyclic) bond motifs is 2. The highest BCUT2D eigenvalue weighted by Crippen LogP contribution is 2.26. The molecule has 0 amide bonds. The number of anilines is 1. The molecule has 0 atom stereocenters. The van der Waals surface area contributed by atoms with Crippen molar-refractivity contribution < 1.29 is 4.79 Å². The third-order valence-electron chi connectivity index (χ3n) is 3.88. The van der Waals surface area contributed by atoms with Gasteiger partial charge in [0, 0.05) is 35.6 Å². The molecule has 1 N–H and O–H groups in total. The van der Waals surface area contributed by atoms with Gasteiger partial charge in [-0.2, -0.15) is 0 Å². The maximum atomic E-state index is 12.6. The second kappa shape index (κ2) is 5.00. The van der Waals surface area contributed by atoms with Gasteiger partial charge in [-0.05, 0) is 24.5 Å². The summed E-state index contributed by atoms with van der Waals surface area (Å²) in [4.78, 5) is 18.0. The van der Waals surface area contributed by atoms with E-state index in [1.807, 2.05) is 34.3 Å². The summed E-state index contributed by atoms with van der Waals surface area (Å²) in [5, 5.41) is 5.36. The zero-order chi connectivity index (χ0) is 14.2. The molecular weight excluding hydrogens is 282 g/mol. The summed E-state index contributed by atoms with van der Waals surface area (Å²) in [6.07, 6.45) is 6.33. The van der Waals surface area contributed by atoms with E-state index < -0.39 is 0 Å². The molecule has 5 heteroatoms. The normalized spacial score (nSPS) is 13.9. The molecule has 0 bridgehead atoms. The quantitative estimate of drug-likeness (QED) is 0.755. The van der Waals surface area contributed by atoms with Gasteiger partial charge in [-0.15, -0.1) is 11.3 Å². The third-order valence-corrected chi connectivity index (χ3v) is 4.65. The van der Waals surface area contributed by atoms with E-state index in [-0.39, 0.29) is 5.78 Å². The zero-order valence-electron chi connectivity index (χ0n) is 11.5. The molecule has 4 rings (SSSR count). The molecule has 3 aromatic rings. The van der Waals surface area contributed by atoms with E-state index in [1.54, 1.807) is 11.3 Å². The number of hydrogen-bond acceptors (Lipinski definition) is 4. The average Bonchev–Trinajstić information content (AvgIpc) is 3.07. The minimum Gasteiger partial charge on any atom is -0.385 e. The van der Waals surface area contributed by atoms with Gasteiger partial charge in [-0.3, -0.25) is 9.20 Å². The molecule has 21 heavy (non-hydrogen) atoms. The second-order valence-electron chi connectivity index (χ2n) is 5.29. The Balaban J connectivity index is 1.64. The van der Waals surface area contributed by atoms with Gasteiger partial charge in [0.25, 0.3) is 0 Å². The van der Waals surface area contributed by atoms with Gasteiger partial charge in [0.15, 0.2) is 10.7 Å². The van der Waals surface area contributed by atoms with E-state index in [9.17, 15) is 4.79 Å². The minimum absolute atomic E-state index is 0.154. The lowest BCUT2D eigenvalue weighted by Crippen LogP contribution is -2.16. The van der Waals surface area contributed by atoms with E-state index in [2.05, 4.69) is 16.4 Å². The Kier molecular flexibility index (Phi) is 3.00. The predicted molar refractivity (Wildman–Crippen MR) is 84.4 cm³/mol. The van der Waals surface area contributed by atoms with Crippen molar-refractivity contribution in [2.75, 3.05) is 11.9 Å². The highest BCUT2D eigenvalue weighted by molar-refractivity contribution is 7.15. The standard InChI is InChI=1S/C16H15N3OS/c20-15(9-11-10-19-7-8-21-16(19)18-11)13-3-1-5-14-12(13)4-2-6-17-14/h1,3,5,7-8,10,17H,2,4,6,9H2. The van der Waals surface area contributed by atoms with Gasteiger partial charge < -0.3 is 5.32 Å². The SMILES string of the molecule is O=C(Cc1cn2ccsc2n1)c1cccc2c1CCCN2. The number of thiazole rings is 1. The third kappa shape index (κ3) is 2.23. The smallest absolute Gasteiger partial charge is 0.193 e. The van der Waals surface area contributed by atoms with Crippen LogP contribution in [0.25, 0.3) is 4.96 Å². The van der Waals surface area contributed by atoms with Crippen LogP contribution in [0.3, 0.4) is 0 Å². The molecule has 0 aliphatic carbocycles. The molecule has 3 heterocycles. The largest absolute Gasteiger partial charge is 0.385 e. The Labute approximate surface area is 126 Å². The monoisotopic (exact) mass is 297 g/mol.